The van der Waals surface area contributed by atoms with Gasteiger partial charge in [0, 0.05) is 13.1 Å². The Bertz CT molecular complexity index is 602. The lowest BCUT2D eigenvalue weighted by atomic mass is 10.0. The number of nitrogen functional groups attached to an aromatic ring is 1. The molecule has 0 aromatic heterocycles. The van der Waals surface area contributed by atoms with Crippen molar-refractivity contribution >= 4 is 17.5 Å². The minimum Gasteiger partial charge on any atom is -0.465 e. The Morgan fingerprint density at radius 3 is 2.86 bits per heavy atom. The van der Waals surface area contributed by atoms with Crippen molar-refractivity contribution in [2.45, 2.75) is 18.6 Å². The third-order valence-electron chi connectivity index (χ3n) is 3.44. The molecule has 1 aromatic rings. The number of aliphatic hydroxyl groups is 1. The molecule has 1 aliphatic heterocycles. The quantitative estimate of drug-likeness (QED) is 0.589. The summed E-state index contributed by atoms with van der Waals surface area (Å²) in [6.45, 7) is 0.392. The van der Waals surface area contributed by atoms with E-state index in [1.165, 1.54) is 12.1 Å². The number of carbonyl (C=O) groups is 1. The van der Waals surface area contributed by atoms with E-state index in [1.807, 2.05) is 6.07 Å². The number of nitrogens with two attached hydrogens (primary N) is 1. The number of hydrogen-bond acceptors (Lipinski definition) is 5. The first-order valence-corrected chi connectivity index (χ1v) is 6.34. The third kappa shape index (κ3) is 3.14. The van der Waals surface area contributed by atoms with Crippen LogP contribution in [0.5, 0.6) is 0 Å². The Hall–Kier alpha value is -2.53. The number of halogens is 1. The van der Waals surface area contributed by atoms with Crippen LogP contribution in [0.4, 0.5) is 20.6 Å². The van der Waals surface area contributed by atoms with Gasteiger partial charge in [-0.3, -0.25) is 0 Å². The molecule has 5 N–H and O–H groups in total. The number of amides is 1. The van der Waals surface area contributed by atoms with Gasteiger partial charge in [0.05, 0.1) is 35.2 Å². The number of piperidine rings is 1. The number of nitriles is 1. The van der Waals surface area contributed by atoms with Crippen LogP contribution in [0.25, 0.3) is 0 Å². The topological polar surface area (TPSA) is 123 Å². The summed E-state index contributed by atoms with van der Waals surface area (Å²) >= 11 is 0. The molecule has 21 heavy (non-hydrogen) atoms. The highest BCUT2D eigenvalue weighted by Gasteiger charge is 2.30. The van der Waals surface area contributed by atoms with Gasteiger partial charge in [-0.25, -0.2) is 9.18 Å². The van der Waals surface area contributed by atoms with Crippen LogP contribution < -0.4 is 16.0 Å². The molecule has 2 atom stereocenters. The molecule has 0 aliphatic carbocycles. The number of carboxylic acid groups (broad SMARTS) is 1. The number of nitrogens with one attached hydrogen (secondary N) is 1. The number of β-amino-alcohol motifs (C(OH)–C–C–N with tert-alkyl or cyclic N) is 1. The van der Waals surface area contributed by atoms with Gasteiger partial charge >= 0.3 is 6.09 Å². The van der Waals surface area contributed by atoms with Crippen LogP contribution in [-0.4, -0.2) is 41.5 Å². The lowest BCUT2D eigenvalue weighted by Gasteiger charge is -2.37. The van der Waals surface area contributed by atoms with E-state index < -0.39 is 24.1 Å². The second kappa shape index (κ2) is 5.85. The van der Waals surface area contributed by atoms with Gasteiger partial charge in [0.15, 0.2) is 5.82 Å². The summed E-state index contributed by atoms with van der Waals surface area (Å²) < 4.78 is 14.1. The maximum Gasteiger partial charge on any atom is 0.404 e. The van der Waals surface area contributed by atoms with Gasteiger partial charge in [-0.1, -0.05) is 0 Å². The van der Waals surface area contributed by atoms with Crippen molar-refractivity contribution in [3.63, 3.8) is 0 Å². The van der Waals surface area contributed by atoms with Gasteiger partial charge in [0.2, 0.25) is 0 Å². The number of benzene rings is 1. The molecule has 0 bridgehead atoms. The average molecular weight is 294 g/mol. The van der Waals surface area contributed by atoms with Crippen LogP contribution in [0.3, 0.4) is 0 Å². The molecule has 1 fully saturated rings. The first kappa shape index (κ1) is 14.9. The summed E-state index contributed by atoms with van der Waals surface area (Å²) in [7, 11) is 0. The summed E-state index contributed by atoms with van der Waals surface area (Å²) in [6, 6.07) is 3.90. The number of anilines is 2. The minimum atomic E-state index is -1.21. The van der Waals surface area contributed by atoms with Crippen molar-refractivity contribution in [1.82, 2.24) is 5.32 Å². The van der Waals surface area contributed by atoms with E-state index in [1.54, 1.807) is 4.90 Å². The third-order valence-corrected chi connectivity index (χ3v) is 3.44. The minimum absolute atomic E-state index is 0.0518. The number of hydrogen-bond donors (Lipinski definition) is 4. The first-order valence-electron chi connectivity index (χ1n) is 6.34. The Kier molecular flexibility index (Phi) is 4.14. The zero-order valence-electron chi connectivity index (χ0n) is 11.1. The highest BCUT2D eigenvalue weighted by Crippen LogP contribution is 2.28. The van der Waals surface area contributed by atoms with Crippen molar-refractivity contribution in [2.75, 3.05) is 23.7 Å². The Labute approximate surface area is 120 Å². The summed E-state index contributed by atoms with van der Waals surface area (Å²) in [6.07, 6.45) is -1.86. The molecule has 7 nitrogen and oxygen atoms in total. The Balaban J connectivity index is 2.20. The highest BCUT2D eigenvalue weighted by atomic mass is 19.1. The average Bonchev–Trinajstić information content (AvgIpc) is 2.43. The van der Waals surface area contributed by atoms with Crippen molar-refractivity contribution in [1.29, 1.82) is 5.26 Å². The van der Waals surface area contributed by atoms with Crippen LogP contribution in [0.1, 0.15) is 12.0 Å². The summed E-state index contributed by atoms with van der Waals surface area (Å²) in [5.74, 6) is -0.647. The molecule has 1 amide bonds. The van der Waals surface area contributed by atoms with Crippen LogP contribution in [0.15, 0.2) is 12.1 Å². The maximum absolute atomic E-state index is 14.1. The predicted molar refractivity (Wildman–Crippen MR) is 73.3 cm³/mol. The number of aliphatic hydroxyl groups excluding tert-OH is 1. The van der Waals surface area contributed by atoms with Crippen LogP contribution >= 0.6 is 0 Å². The molecule has 0 radical (unpaired) electrons. The van der Waals surface area contributed by atoms with Crippen molar-refractivity contribution < 1.29 is 19.4 Å². The number of nitrogens with zero attached hydrogens (tertiary/aromatic N) is 2. The molecule has 112 valence electrons. The summed E-state index contributed by atoms with van der Waals surface area (Å²) in [4.78, 5) is 12.2. The molecule has 1 aliphatic rings. The standard InChI is InChI=1S/C13H15FN4O3/c14-12-8(16)3-7(5-15)4-10(12)18-2-1-9(11(19)6-18)17-13(20)21/h3-4,9,11,17,19H,1-2,6,16H2,(H,20,21)/t9-,11+/m1/s1. The van der Waals surface area contributed by atoms with Crippen molar-refractivity contribution in [3.05, 3.63) is 23.5 Å². The van der Waals surface area contributed by atoms with E-state index in [0.717, 1.165) is 0 Å². The smallest absolute Gasteiger partial charge is 0.404 e. The summed E-state index contributed by atoms with van der Waals surface area (Å²) in [5.41, 5.74) is 5.76. The van der Waals surface area contributed by atoms with Gasteiger partial charge in [-0.15, -0.1) is 0 Å². The lowest BCUT2D eigenvalue weighted by Crippen LogP contribution is -2.54. The fraction of sp³-hybridized carbons (Fsp3) is 0.385. The second-order valence-corrected chi connectivity index (χ2v) is 4.87. The molecule has 2 rings (SSSR count). The van der Waals surface area contributed by atoms with E-state index in [9.17, 15) is 14.3 Å². The fourth-order valence-corrected chi connectivity index (χ4v) is 2.40. The first-order chi connectivity index (χ1) is 9.92. The van der Waals surface area contributed by atoms with Gasteiger partial charge in [-0.2, -0.15) is 5.26 Å². The predicted octanol–water partition coefficient (Wildman–Crippen LogP) is 0.487. The van der Waals surface area contributed by atoms with Gasteiger partial charge in [0.1, 0.15) is 0 Å². The van der Waals surface area contributed by atoms with Crippen LogP contribution in [0.2, 0.25) is 0 Å². The van der Waals surface area contributed by atoms with Gasteiger partial charge in [-0.05, 0) is 18.6 Å². The monoisotopic (exact) mass is 294 g/mol. The van der Waals surface area contributed by atoms with E-state index in [0.29, 0.717) is 13.0 Å². The molecule has 1 heterocycles. The molecule has 0 unspecified atom stereocenters. The molecule has 0 saturated carbocycles. The molecule has 8 heteroatoms. The van der Waals surface area contributed by atoms with Crippen molar-refractivity contribution in [2.24, 2.45) is 0 Å². The molecular formula is C13H15FN4O3. The van der Waals surface area contributed by atoms with E-state index in [4.69, 9.17) is 16.1 Å². The van der Waals surface area contributed by atoms with Crippen LogP contribution in [-0.2, 0) is 0 Å². The normalized spacial score (nSPS) is 21.7. The fourth-order valence-electron chi connectivity index (χ4n) is 2.40. The molecule has 1 saturated heterocycles. The maximum atomic E-state index is 14.1. The lowest BCUT2D eigenvalue weighted by molar-refractivity contribution is 0.108. The van der Waals surface area contributed by atoms with E-state index in [-0.39, 0.29) is 23.5 Å². The zero-order chi connectivity index (χ0) is 15.6. The zero-order valence-corrected chi connectivity index (χ0v) is 11.1. The largest absolute Gasteiger partial charge is 0.465 e. The Morgan fingerprint density at radius 1 is 1.57 bits per heavy atom. The SMILES string of the molecule is N#Cc1cc(N)c(F)c(N2CC[C@@H](NC(=O)O)[C@@H](O)C2)c1. The highest BCUT2D eigenvalue weighted by molar-refractivity contribution is 5.65. The molecular weight excluding hydrogens is 279 g/mol. The van der Waals surface area contributed by atoms with Crippen molar-refractivity contribution in [3.8, 4) is 6.07 Å². The Morgan fingerprint density at radius 2 is 2.29 bits per heavy atom. The summed E-state index contributed by atoms with van der Waals surface area (Å²) in [5, 5.41) is 29.7. The van der Waals surface area contributed by atoms with Gasteiger partial charge < -0.3 is 26.2 Å². The number of rotatable bonds is 2. The van der Waals surface area contributed by atoms with Gasteiger partial charge in [0.25, 0.3) is 0 Å². The molecule has 1 aromatic carbocycles. The van der Waals surface area contributed by atoms with Crippen LogP contribution in [0, 0.1) is 17.1 Å². The van der Waals surface area contributed by atoms with E-state index in [2.05, 4.69) is 5.32 Å². The van der Waals surface area contributed by atoms with E-state index >= 15 is 0 Å². The molecule has 0 spiro atoms. The second-order valence-electron chi connectivity index (χ2n) is 4.87.